The van der Waals surface area contributed by atoms with Crippen molar-refractivity contribution in [1.29, 1.82) is 0 Å². The van der Waals surface area contributed by atoms with Gasteiger partial charge in [0.1, 0.15) is 11.6 Å². The number of likely N-dealkylation sites (N-methyl/N-ethyl adjacent to an activating group) is 1. The number of benzene rings is 1. The molecule has 0 unspecified atom stereocenters. The molecule has 0 atom stereocenters. The van der Waals surface area contributed by atoms with Crippen LogP contribution in [-0.4, -0.2) is 13.1 Å². The van der Waals surface area contributed by atoms with Crippen molar-refractivity contribution in [2.45, 2.75) is 39.0 Å². The van der Waals surface area contributed by atoms with Crippen molar-refractivity contribution in [2.24, 2.45) is 0 Å². The molecule has 0 spiro atoms. The molecular formula is C14H21F2N. The van der Waals surface area contributed by atoms with Crippen molar-refractivity contribution in [3.63, 3.8) is 0 Å². The van der Waals surface area contributed by atoms with Crippen LogP contribution in [0.25, 0.3) is 0 Å². The fourth-order valence-corrected chi connectivity index (χ4v) is 2.23. The molecule has 17 heavy (non-hydrogen) atoms. The van der Waals surface area contributed by atoms with Crippen LogP contribution in [0, 0.1) is 11.6 Å². The predicted molar refractivity (Wildman–Crippen MR) is 67.2 cm³/mol. The van der Waals surface area contributed by atoms with E-state index < -0.39 is 11.6 Å². The second-order valence-electron chi connectivity index (χ2n) is 4.43. The first-order chi connectivity index (χ1) is 8.07. The summed E-state index contributed by atoms with van der Waals surface area (Å²) in [5, 5.41) is 3.28. The Bertz CT molecular complexity index is 339. The minimum Gasteiger partial charge on any atom is -0.316 e. The van der Waals surface area contributed by atoms with E-state index in [0.29, 0.717) is 0 Å². The SMILES string of the molecule is CCNCC(CC)(CC)c1cc(F)cc(F)c1. The molecule has 1 aromatic carbocycles. The first-order valence-electron chi connectivity index (χ1n) is 6.25. The highest BCUT2D eigenvalue weighted by Gasteiger charge is 2.28. The quantitative estimate of drug-likeness (QED) is 0.802. The molecule has 1 nitrogen and oxygen atoms in total. The van der Waals surface area contributed by atoms with E-state index in [0.717, 1.165) is 37.6 Å². The Labute approximate surface area is 102 Å². The standard InChI is InChI=1S/C14H21F2N/c1-4-14(5-2,10-17-6-3)11-7-12(15)9-13(16)8-11/h7-9,17H,4-6,10H2,1-3H3. The lowest BCUT2D eigenvalue weighted by Crippen LogP contribution is -2.37. The Morgan fingerprint density at radius 1 is 1.00 bits per heavy atom. The largest absolute Gasteiger partial charge is 0.316 e. The zero-order chi connectivity index (χ0) is 12.9. The van der Waals surface area contributed by atoms with Gasteiger partial charge in [-0.3, -0.25) is 0 Å². The monoisotopic (exact) mass is 241 g/mol. The van der Waals surface area contributed by atoms with E-state index in [4.69, 9.17) is 0 Å². The van der Waals surface area contributed by atoms with E-state index in [9.17, 15) is 8.78 Å². The summed E-state index contributed by atoms with van der Waals surface area (Å²) in [6, 6.07) is 3.83. The molecule has 1 rings (SSSR count). The van der Waals surface area contributed by atoms with Crippen LogP contribution in [0.4, 0.5) is 8.78 Å². The highest BCUT2D eigenvalue weighted by atomic mass is 19.1. The number of hydrogen-bond donors (Lipinski definition) is 1. The maximum atomic E-state index is 13.3. The van der Waals surface area contributed by atoms with Crippen molar-refractivity contribution in [1.82, 2.24) is 5.32 Å². The highest BCUT2D eigenvalue weighted by molar-refractivity contribution is 5.27. The van der Waals surface area contributed by atoms with Gasteiger partial charge in [0, 0.05) is 18.0 Å². The fourth-order valence-electron chi connectivity index (χ4n) is 2.23. The average Bonchev–Trinajstić information content (AvgIpc) is 2.30. The first kappa shape index (κ1) is 14.1. The zero-order valence-corrected chi connectivity index (χ0v) is 10.8. The van der Waals surface area contributed by atoms with Crippen molar-refractivity contribution >= 4 is 0 Å². The maximum Gasteiger partial charge on any atom is 0.126 e. The Hall–Kier alpha value is -0.960. The Morgan fingerprint density at radius 2 is 1.53 bits per heavy atom. The molecule has 0 fully saturated rings. The van der Waals surface area contributed by atoms with E-state index in [1.807, 2.05) is 6.92 Å². The van der Waals surface area contributed by atoms with Gasteiger partial charge in [0.2, 0.25) is 0 Å². The minimum atomic E-state index is -0.497. The predicted octanol–water partition coefficient (Wildman–Crippen LogP) is 3.63. The van der Waals surface area contributed by atoms with E-state index in [2.05, 4.69) is 19.2 Å². The lowest BCUT2D eigenvalue weighted by molar-refractivity contribution is 0.368. The lowest BCUT2D eigenvalue weighted by atomic mass is 9.75. The summed E-state index contributed by atoms with van der Waals surface area (Å²) in [7, 11) is 0. The van der Waals surface area contributed by atoms with E-state index >= 15 is 0 Å². The topological polar surface area (TPSA) is 12.0 Å². The highest BCUT2D eigenvalue weighted by Crippen LogP contribution is 2.32. The molecule has 0 saturated carbocycles. The van der Waals surface area contributed by atoms with Crippen LogP contribution in [0.5, 0.6) is 0 Å². The van der Waals surface area contributed by atoms with Crippen LogP contribution in [-0.2, 0) is 5.41 Å². The van der Waals surface area contributed by atoms with Gasteiger partial charge in [-0.05, 0) is 37.1 Å². The number of halogens is 2. The van der Waals surface area contributed by atoms with Crippen LogP contribution in [0.2, 0.25) is 0 Å². The summed E-state index contributed by atoms with van der Waals surface area (Å²) < 4.78 is 26.6. The second kappa shape index (κ2) is 6.10. The smallest absolute Gasteiger partial charge is 0.126 e. The molecular weight excluding hydrogens is 220 g/mol. The first-order valence-corrected chi connectivity index (χ1v) is 6.25. The Balaban J connectivity index is 3.11. The summed E-state index contributed by atoms with van der Waals surface area (Å²) in [4.78, 5) is 0. The van der Waals surface area contributed by atoms with Crippen molar-refractivity contribution in [3.05, 3.63) is 35.4 Å². The third kappa shape index (κ3) is 3.25. The van der Waals surface area contributed by atoms with E-state index in [1.54, 1.807) is 0 Å². The average molecular weight is 241 g/mol. The van der Waals surface area contributed by atoms with Crippen LogP contribution in [0.15, 0.2) is 18.2 Å². The Morgan fingerprint density at radius 3 is 1.94 bits per heavy atom. The zero-order valence-electron chi connectivity index (χ0n) is 10.8. The third-order valence-electron chi connectivity index (χ3n) is 3.54. The van der Waals surface area contributed by atoms with Crippen LogP contribution < -0.4 is 5.32 Å². The second-order valence-corrected chi connectivity index (χ2v) is 4.43. The van der Waals surface area contributed by atoms with Gasteiger partial charge in [-0.25, -0.2) is 8.78 Å². The van der Waals surface area contributed by atoms with Crippen LogP contribution >= 0.6 is 0 Å². The molecule has 0 bridgehead atoms. The lowest BCUT2D eigenvalue weighted by Gasteiger charge is -2.32. The molecule has 0 radical (unpaired) electrons. The van der Waals surface area contributed by atoms with Gasteiger partial charge < -0.3 is 5.32 Å². The summed E-state index contributed by atoms with van der Waals surface area (Å²) in [5.74, 6) is -0.995. The van der Waals surface area contributed by atoms with Gasteiger partial charge in [0.25, 0.3) is 0 Å². The van der Waals surface area contributed by atoms with Gasteiger partial charge in [0.15, 0.2) is 0 Å². The fraction of sp³-hybridized carbons (Fsp3) is 0.571. The van der Waals surface area contributed by atoms with Crippen LogP contribution in [0.1, 0.15) is 39.2 Å². The van der Waals surface area contributed by atoms with Crippen molar-refractivity contribution in [3.8, 4) is 0 Å². The van der Waals surface area contributed by atoms with Gasteiger partial charge in [0.05, 0.1) is 0 Å². The molecule has 0 aliphatic heterocycles. The summed E-state index contributed by atoms with van der Waals surface area (Å²) in [5.41, 5.74) is 0.569. The summed E-state index contributed by atoms with van der Waals surface area (Å²) >= 11 is 0. The molecule has 0 aromatic heterocycles. The molecule has 0 saturated heterocycles. The van der Waals surface area contributed by atoms with Gasteiger partial charge in [-0.1, -0.05) is 20.8 Å². The van der Waals surface area contributed by atoms with Gasteiger partial charge in [-0.15, -0.1) is 0 Å². The molecule has 0 heterocycles. The van der Waals surface area contributed by atoms with Crippen molar-refractivity contribution < 1.29 is 8.78 Å². The summed E-state index contributed by atoms with van der Waals surface area (Å²) in [6.07, 6.45) is 1.72. The molecule has 3 heteroatoms. The van der Waals surface area contributed by atoms with Crippen LogP contribution in [0.3, 0.4) is 0 Å². The molecule has 0 amide bonds. The van der Waals surface area contributed by atoms with E-state index in [-0.39, 0.29) is 5.41 Å². The van der Waals surface area contributed by atoms with Gasteiger partial charge in [-0.2, -0.15) is 0 Å². The maximum absolute atomic E-state index is 13.3. The van der Waals surface area contributed by atoms with E-state index in [1.165, 1.54) is 12.1 Å². The number of hydrogen-bond acceptors (Lipinski definition) is 1. The molecule has 96 valence electrons. The normalized spacial score (nSPS) is 11.8. The molecule has 0 aliphatic rings. The minimum absolute atomic E-state index is 0.182. The summed E-state index contributed by atoms with van der Waals surface area (Å²) in [6.45, 7) is 7.76. The number of nitrogens with one attached hydrogen (secondary N) is 1. The van der Waals surface area contributed by atoms with Gasteiger partial charge >= 0.3 is 0 Å². The molecule has 1 aromatic rings. The third-order valence-corrected chi connectivity index (χ3v) is 3.54. The van der Waals surface area contributed by atoms with Crippen molar-refractivity contribution in [2.75, 3.05) is 13.1 Å². The molecule has 1 N–H and O–H groups in total. The molecule has 0 aliphatic carbocycles. The Kier molecular flexibility index (Phi) is 5.06. The number of rotatable bonds is 6.